The van der Waals surface area contributed by atoms with Crippen LogP contribution in [0.2, 0.25) is 0 Å². The molecule has 2 fully saturated rings. The lowest BCUT2D eigenvalue weighted by molar-refractivity contribution is -0.131. The summed E-state index contributed by atoms with van der Waals surface area (Å²) < 4.78 is 0. The highest BCUT2D eigenvalue weighted by atomic mass is 16.2. The van der Waals surface area contributed by atoms with Gasteiger partial charge in [0.25, 0.3) is 5.91 Å². The zero-order valence-corrected chi connectivity index (χ0v) is 14.6. The summed E-state index contributed by atoms with van der Waals surface area (Å²) in [4.78, 5) is 32.7. The number of piperazine rings is 1. The Labute approximate surface area is 148 Å². The Hall–Kier alpha value is -2.37. The van der Waals surface area contributed by atoms with Gasteiger partial charge in [0.05, 0.1) is 12.1 Å². The molecule has 1 aromatic rings. The lowest BCUT2D eigenvalue weighted by Crippen LogP contribution is -2.51. The zero-order chi connectivity index (χ0) is 17.6. The van der Waals surface area contributed by atoms with Crippen LogP contribution in [0, 0.1) is 5.92 Å². The Balaban J connectivity index is 1.55. The zero-order valence-electron chi connectivity index (χ0n) is 14.6. The van der Waals surface area contributed by atoms with Crippen molar-refractivity contribution in [3.63, 3.8) is 0 Å². The first kappa shape index (κ1) is 17.5. The molecule has 0 unspecified atom stereocenters. The van der Waals surface area contributed by atoms with Gasteiger partial charge in [0.2, 0.25) is 5.91 Å². The summed E-state index contributed by atoms with van der Waals surface area (Å²) in [6.07, 6.45) is 8.30. The Bertz CT molecular complexity index is 623. The molecular formula is C19H26N4O2. The topological polar surface area (TPSA) is 65.5 Å². The minimum Gasteiger partial charge on any atom is -0.349 e. The van der Waals surface area contributed by atoms with Gasteiger partial charge < -0.3 is 15.1 Å². The average Bonchev–Trinajstić information content (AvgIpc) is 3.14. The van der Waals surface area contributed by atoms with Crippen LogP contribution in [-0.4, -0.2) is 54.4 Å². The molecule has 1 saturated carbocycles. The molecule has 2 heterocycles. The maximum atomic E-state index is 12.4. The number of aromatic nitrogens is 1. The number of rotatable bonds is 6. The number of anilines is 1. The minimum absolute atomic E-state index is 0.170. The van der Waals surface area contributed by atoms with Gasteiger partial charge in [-0.25, -0.2) is 4.98 Å². The van der Waals surface area contributed by atoms with E-state index in [9.17, 15) is 9.59 Å². The smallest absolute Gasteiger partial charge is 0.253 e. The molecule has 1 aliphatic carbocycles. The van der Waals surface area contributed by atoms with E-state index in [0.717, 1.165) is 25.5 Å². The number of hydrogen-bond acceptors (Lipinski definition) is 4. The number of hydrogen-bond donors (Lipinski definition) is 1. The molecule has 1 aliphatic heterocycles. The third-order valence-electron chi connectivity index (χ3n) is 5.01. The van der Waals surface area contributed by atoms with E-state index >= 15 is 0 Å². The highest BCUT2D eigenvalue weighted by Gasteiger charge is 2.27. The van der Waals surface area contributed by atoms with E-state index in [1.165, 1.54) is 25.7 Å². The van der Waals surface area contributed by atoms with Gasteiger partial charge in [-0.05, 0) is 30.9 Å². The van der Waals surface area contributed by atoms with Crippen LogP contribution in [0.15, 0.2) is 31.0 Å². The van der Waals surface area contributed by atoms with Crippen molar-refractivity contribution < 1.29 is 9.59 Å². The lowest BCUT2D eigenvalue weighted by atomic mass is 10.1. The Kier molecular flexibility index (Phi) is 5.68. The Morgan fingerprint density at radius 2 is 2.12 bits per heavy atom. The van der Waals surface area contributed by atoms with Gasteiger partial charge in [0, 0.05) is 32.4 Å². The molecule has 2 aliphatic rings. The van der Waals surface area contributed by atoms with Gasteiger partial charge >= 0.3 is 0 Å². The van der Waals surface area contributed by atoms with Crippen molar-refractivity contribution in [2.45, 2.75) is 25.7 Å². The van der Waals surface area contributed by atoms with Crippen molar-refractivity contribution in [3.8, 4) is 0 Å². The first-order valence-electron chi connectivity index (χ1n) is 9.05. The highest BCUT2D eigenvalue weighted by molar-refractivity contribution is 5.94. The van der Waals surface area contributed by atoms with Crippen LogP contribution in [-0.2, 0) is 4.79 Å². The Morgan fingerprint density at radius 1 is 1.32 bits per heavy atom. The number of nitrogens with zero attached hydrogens (tertiary/aromatic N) is 3. The molecule has 3 rings (SSSR count). The molecule has 1 saturated heterocycles. The number of pyridine rings is 1. The van der Waals surface area contributed by atoms with Gasteiger partial charge in [-0.3, -0.25) is 9.59 Å². The molecule has 0 aromatic carbocycles. The van der Waals surface area contributed by atoms with E-state index in [-0.39, 0.29) is 11.8 Å². The monoisotopic (exact) mass is 342 g/mol. The quantitative estimate of drug-likeness (QED) is 0.801. The van der Waals surface area contributed by atoms with Crippen molar-refractivity contribution in [3.05, 3.63) is 36.5 Å². The van der Waals surface area contributed by atoms with Gasteiger partial charge in [-0.1, -0.05) is 18.9 Å². The first-order valence-corrected chi connectivity index (χ1v) is 9.05. The molecule has 6 nitrogen and oxygen atoms in total. The van der Waals surface area contributed by atoms with Crippen LogP contribution >= 0.6 is 0 Å². The summed E-state index contributed by atoms with van der Waals surface area (Å²) in [7, 11) is 0. The predicted octanol–water partition coefficient (Wildman–Crippen LogP) is 1.84. The van der Waals surface area contributed by atoms with Gasteiger partial charge in [0.1, 0.15) is 5.82 Å². The standard InChI is InChI=1S/C19H26N4O2/c1-2-9-20-19(25)16-7-8-17(21-12-16)22-10-11-23(18(24)14-22)13-15-5-3-4-6-15/h2,7-8,12,15H,1,3-6,9-11,13-14H2,(H,20,25). The third kappa shape index (κ3) is 4.38. The van der Waals surface area contributed by atoms with E-state index in [0.29, 0.717) is 24.6 Å². The summed E-state index contributed by atoms with van der Waals surface area (Å²) in [5, 5.41) is 2.72. The van der Waals surface area contributed by atoms with Crippen molar-refractivity contribution in [2.75, 3.05) is 37.6 Å². The minimum atomic E-state index is -0.170. The first-order chi connectivity index (χ1) is 12.2. The molecule has 0 atom stereocenters. The van der Waals surface area contributed by atoms with Gasteiger partial charge in [-0.2, -0.15) is 0 Å². The van der Waals surface area contributed by atoms with Crippen LogP contribution in [0.3, 0.4) is 0 Å². The average molecular weight is 342 g/mol. The molecule has 25 heavy (non-hydrogen) atoms. The maximum absolute atomic E-state index is 12.4. The number of nitrogens with one attached hydrogen (secondary N) is 1. The number of carbonyl (C=O) groups is 2. The predicted molar refractivity (Wildman–Crippen MR) is 97.5 cm³/mol. The molecule has 0 radical (unpaired) electrons. The molecule has 0 bridgehead atoms. The second-order valence-electron chi connectivity index (χ2n) is 6.82. The number of amides is 2. The SMILES string of the molecule is C=CCNC(=O)c1ccc(N2CCN(CC3CCCC3)C(=O)C2)nc1. The van der Waals surface area contributed by atoms with Crippen LogP contribution in [0.25, 0.3) is 0 Å². The molecule has 6 heteroatoms. The van der Waals surface area contributed by atoms with E-state index in [2.05, 4.69) is 16.9 Å². The fourth-order valence-corrected chi connectivity index (χ4v) is 3.58. The lowest BCUT2D eigenvalue weighted by Gasteiger charge is -2.36. The number of carbonyl (C=O) groups excluding carboxylic acids is 2. The summed E-state index contributed by atoms with van der Waals surface area (Å²) in [6, 6.07) is 3.55. The molecule has 2 amide bonds. The van der Waals surface area contributed by atoms with Crippen molar-refractivity contribution >= 4 is 17.6 Å². The fourth-order valence-electron chi connectivity index (χ4n) is 3.58. The van der Waals surface area contributed by atoms with Crippen LogP contribution < -0.4 is 10.2 Å². The molecule has 1 aromatic heterocycles. The van der Waals surface area contributed by atoms with Crippen LogP contribution in [0.1, 0.15) is 36.0 Å². The maximum Gasteiger partial charge on any atom is 0.253 e. The van der Waals surface area contributed by atoms with Crippen molar-refractivity contribution in [1.82, 2.24) is 15.2 Å². The van der Waals surface area contributed by atoms with E-state index in [1.54, 1.807) is 18.3 Å². The second kappa shape index (κ2) is 8.14. The van der Waals surface area contributed by atoms with Gasteiger partial charge in [-0.15, -0.1) is 6.58 Å². The fraction of sp³-hybridized carbons (Fsp3) is 0.526. The van der Waals surface area contributed by atoms with E-state index in [1.807, 2.05) is 15.9 Å². The molecule has 1 N–H and O–H groups in total. The Morgan fingerprint density at radius 3 is 2.76 bits per heavy atom. The van der Waals surface area contributed by atoms with Gasteiger partial charge in [0.15, 0.2) is 0 Å². The normalized spacial score (nSPS) is 18.5. The largest absolute Gasteiger partial charge is 0.349 e. The second-order valence-corrected chi connectivity index (χ2v) is 6.82. The van der Waals surface area contributed by atoms with Crippen LogP contribution in [0.4, 0.5) is 5.82 Å². The summed E-state index contributed by atoms with van der Waals surface area (Å²) in [5.41, 5.74) is 0.511. The van der Waals surface area contributed by atoms with E-state index < -0.39 is 0 Å². The molecule has 0 spiro atoms. The third-order valence-corrected chi connectivity index (χ3v) is 5.01. The highest BCUT2D eigenvalue weighted by Crippen LogP contribution is 2.26. The summed E-state index contributed by atoms with van der Waals surface area (Å²) >= 11 is 0. The van der Waals surface area contributed by atoms with Crippen molar-refractivity contribution in [2.24, 2.45) is 5.92 Å². The summed E-state index contributed by atoms with van der Waals surface area (Å²) in [5.74, 6) is 1.43. The molecular weight excluding hydrogens is 316 g/mol. The molecule has 134 valence electrons. The van der Waals surface area contributed by atoms with Crippen LogP contribution in [0.5, 0.6) is 0 Å². The summed E-state index contributed by atoms with van der Waals surface area (Å²) in [6.45, 7) is 6.80. The van der Waals surface area contributed by atoms with Crippen molar-refractivity contribution in [1.29, 1.82) is 0 Å². The van der Waals surface area contributed by atoms with E-state index in [4.69, 9.17) is 0 Å².